The maximum absolute atomic E-state index is 13.0. The highest BCUT2D eigenvalue weighted by molar-refractivity contribution is 5.95. The van der Waals surface area contributed by atoms with Crippen molar-refractivity contribution in [2.45, 2.75) is 0 Å². The summed E-state index contributed by atoms with van der Waals surface area (Å²) in [5.41, 5.74) is 1.66. The summed E-state index contributed by atoms with van der Waals surface area (Å²) in [4.78, 5) is 15.4. The van der Waals surface area contributed by atoms with Crippen LogP contribution in [0.1, 0.15) is 10.4 Å². The van der Waals surface area contributed by atoms with Gasteiger partial charge in [0.15, 0.2) is 0 Å². The molecule has 3 rings (SSSR count). The summed E-state index contributed by atoms with van der Waals surface area (Å²) >= 11 is 0. The molecule has 0 aliphatic carbocycles. The second kappa shape index (κ2) is 5.16. The van der Waals surface area contributed by atoms with E-state index in [0.29, 0.717) is 16.9 Å². The van der Waals surface area contributed by atoms with Gasteiger partial charge in [0, 0.05) is 18.0 Å². The lowest BCUT2D eigenvalue weighted by molar-refractivity contribution is 0.0697. The zero-order chi connectivity index (χ0) is 14.8. The van der Waals surface area contributed by atoms with Crippen molar-refractivity contribution in [1.82, 2.24) is 14.8 Å². The van der Waals surface area contributed by atoms with E-state index in [0.717, 1.165) is 0 Å². The van der Waals surface area contributed by atoms with Crippen LogP contribution in [0.3, 0.4) is 0 Å². The van der Waals surface area contributed by atoms with E-state index in [-0.39, 0.29) is 11.4 Å². The lowest BCUT2D eigenvalue weighted by atomic mass is 10.1. The van der Waals surface area contributed by atoms with E-state index in [9.17, 15) is 14.3 Å². The van der Waals surface area contributed by atoms with Crippen molar-refractivity contribution in [2.75, 3.05) is 0 Å². The fraction of sp³-hybridized carbons (Fsp3) is 0. The van der Waals surface area contributed by atoms with Gasteiger partial charge in [0.25, 0.3) is 0 Å². The Balaban J connectivity index is 2.22. The number of pyridine rings is 1. The van der Waals surface area contributed by atoms with E-state index >= 15 is 0 Å². The zero-order valence-electron chi connectivity index (χ0n) is 10.8. The SMILES string of the molecule is O=C(O)c1cnn(-c2ccc(F)cc2)c1-c1cccnc1. The second-order valence-corrected chi connectivity index (χ2v) is 4.34. The number of nitrogens with zero attached hydrogens (tertiary/aromatic N) is 3. The molecule has 0 atom stereocenters. The van der Waals surface area contributed by atoms with E-state index in [1.807, 2.05) is 0 Å². The highest BCUT2D eigenvalue weighted by Gasteiger charge is 2.19. The molecule has 2 heterocycles. The van der Waals surface area contributed by atoms with Gasteiger partial charge >= 0.3 is 5.97 Å². The first-order valence-corrected chi connectivity index (χ1v) is 6.14. The Bertz CT molecular complexity index is 782. The van der Waals surface area contributed by atoms with Crippen LogP contribution >= 0.6 is 0 Å². The van der Waals surface area contributed by atoms with Gasteiger partial charge in [0.1, 0.15) is 11.4 Å². The van der Waals surface area contributed by atoms with Crippen LogP contribution in [0.25, 0.3) is 16.9 Å². The van der Waals surface area contributed by atoms with Gasteiger partial charge in [-0.1, -0.05) is 0 Å². The Morgan fingerprint density at radius 1 is 1.14 bits per heavy atom. The van der Waals surface area contributed by atoms with E-state index in [2.05, 4.69) is 10.1 Å². The largest absolute Gasteiger partial charge is 0.478 e. The number of aromatic carboxylic acids is 1. The molecule has 0 spiro atoms. The average Bonchev–Trinajstić information content (AvgIpc) is 2.94. The number of benzene rings is 1. The van der Waals surface area contributed by atoms with Crippen LogP contribution in [0.4, 0.5) is 4.39 Å². The maximum Gasteiger partial charge on any atom is 0.339 e. The summed E-state index contributed by atoms with van der Waals surface area (Å²) in [6.07, 6.45) is 4.43. The monoisotopic (exact) mass is 283 g/mol. The van der Waals surface area contributed by atoms with Crippen molar-refractivity contribution in [3.63, 3.8) is 0 Å². The maximum atomic E-state index is 13.0. The highest BCUT2D eigenvalue weighted by Crippen LogP contribution is 2.26. The van der Waals surface area contributed by atoms with Crippen molar-refractivity contribution in [2.24, 2.45) is 0 Å². The number of hydrogen-bond acceptors (Lipinski definition) is 3. The number of carboxylic acid groups (broad SMARTS) is 1. The van der Waals surface area contributed by atoms with Crippen LogP contribution in [0.15, 0.2) is 55.0 Å². The number of carboxylic acids is 1. The summed E-state index contributed by atoms with van der Waals surface area (Å²) < 4.78 is 14.5. The molecule has 0 fully saturated rings. The van der Waals surface area contributed by atoms with E-state index < -0.39 is 5.97 Å². The Labute approximate surface area is 119 Å². The number of halogens is 1. The summed E-state index contributed by atoms with van der Waals surface area (Å²) in [5.74, 6) is -1.45. The predicted octanol–water partition coefficient (Wildman–Crippen LogP) is 2.77. The normalized spacial score (nSPS) is 10.5. The number of aromatic nitrogens is 3. The number of carbonyl (C=O) groups is 1. The van der Waals surface area contributed by atoms with E-state index in [1.165, 1.54) is 35.1 Å². The van der Waals surface area contributed by atoms with Gasteiger partial charge in [-0.2, -0.15) is 5.10 Å². The number of hydrogen-bond donors (Lipinski definition) is 1. The van der Waals surface area contributed by atoms with Crippen LogP contribution < -0.4 is 0 Å². The van der Waals surface area contributed by atoms with E-state index in [4.69, 9.17) is 0 Å². The average molecular weight is 283 g/mol. The summed E-state index contributed by atoms with van der Waals surface area (Å²) in [6, 6.07) is 9.12. The minimum atomic E-state index is -1.08. The molecule has 21 heavy (non-hydrogen) atoms. The minimum Gasteiger partial charge on any atom is -0.478 e. The van der Waals surface area contributed by atoms with Crippen molar-refractivity contribution in [3.05, 3.63) is 66.4 Å². The molecule has 104 valence electrons. The van der Waals surface area contributed by atoms with Gasteiger partial charge in [-0.3, -0.25) is 4.98 Å². The molecule has 0 radical (unpaired) electrons. The minimum absolute atomic E-state index is 0.0623. The van der Waals surface area contributed by atoms with Crippen LogP contribution in [-0.2, 0) is 0 Å². The first kappa shape index (κ1) is 13.0. The molecule has 0 saturated heterocycles. The molecule has 2 aromatic heterocycles. The molecule has 0 unspecified atom stereocenters. The van der Waals surface area contributed by atoms with Crippen molar-refractivity contribution < 1.29 is 14.3 Å². The third-order valence-electron chi connectivity index (χ3n) is 3.01. The summed E-state index contributed by atoms with van der Waals surface area (Å²) in [6.45, 7) is 0. The lowest BCUT2D eigenvalue weighted by Crippen LogP contribution is -2.03. The van der Waals surface area contributed by atoms with Gasteiger partial charge in [0.05, 0.1) is 17.6 Å². The van der Waals surface area contributed by atoms with Gasteiger partial charge < -0.3 is 5.11 Å². The van der Waals surface area contributed by atoms with Gasteiger partial charge in [-0.15, -0.1) is 0 Å². The quantitative estimate of drug-likeness (QED) is 0.802. The molecular weight excluding hydrogens is 273 g/mol. The molecule has 1 N–H and O–H groups in total. The molecule has 3 aromatic rings. The fourth-order valence-electron chi connectivity index (χ4n) is 2.06. The second-order valence-electron chi connectivity index (χ2n) is 4.34. The Kier molecular flexibility index (Phi) is 3.19. The third kappa shape index (κ3) is 2.38. The Morgan fingerprint density at radius 3 is 2.52 bits per heavy atom. The van der Waals surface area contributed by atoms with Crippen molar-refractivity contribution in [3.8, 4) is 16.9 Å². The first-order chi connectivity index (χ1) is 10.2. The number of rotatable bonds is 3. The van der Waals surface area contributed by atoms with Crippen LogP contribution in [0.2, 0.25) is 0 Å². The Hall–Kier alpha value is -3.02. The molecule has 5 nitrogen and oxygen atoms in total. The van der Waals surface area contributed by atoms with Gasteiger partial charge in [0.2, 0.25) is 0 Å². The molecule has 0 aliphatic heterocycles. The predicted molar refractivity (Wildman–Crippen MR) is 73.7 cm³/mol. The fourth-order valence-corrected chi connectivity index (χ4v) is 2.06. The molecule has 0 saturated carbocycles. The topological polar surface area (TPSA) is 68.0 Å². The van der Waals surface area contributed by atoms with Gasteiger partial charge in [-0.25, -0.2) is 13.9 Å². The molecule has 0 amide bonds. The van der Waals surface area contributed by atoms with E-state index in [1.54, 1.807) is 24.5 Å². The lowest BCUT2D eigenvalue weighted by Gasteiger charge is -2.08. The van der Waals surface area contributed by atoms with Crippen molar-refractivity contribution in [1.29, 1.82) is 0 Å². The first-order valence-electron chi connectivity index (χ1n) is 6.14. The highest BCUT2D eigenvalue weighted by atomic mass is 19.1. The zero-order valence-corrected chi connectivity index (χ0v) is 10.8. The third-order valence-corrected chi connectivity index (χ3v) is 3.01. The Morgan fingerprint density at radius 2 is 1.90 bits per heavy atom. The van der Waals surface area contributed by atoms with Crippen LogP contribution in [0, 0.1) is 5.82 Å². The van der Waals surface area contributed by atoms with Gasteiger partial charge in [-0.05, 0) is 36.4 Å². The molecule has 0 aliphatic rings. The van der Waals surface area contributed by atoms with Crippen LogP contribution in [0.5, 0.6) is 0 Å². The molecule has 6 heteroatoms. The molecule has 0 bridgehead atoms. The smallest absolute Gasteiger partial charge is 0.339 e. The molecule has 1 aromatic carbocycles. The van der Waals surface area contributed by atoms with Crippen molar-refractivity contribution >= 4 is 5.97 Å². The summed E-state index contributed by atoms with van der Waals surface area (Å²) in [5, 5.41) is 13.4. The standard InChI is InChI=1S/C15H10FN3O2/c16-11-3-5-12(6-4-11)19-14(10-2-1-7-17-8-10)13(9-18-19)15(20)21/h1-9H,(H,20,21). The van der Waals surface area contributed by atoms with Crippen LogP contribution in [-0.4, -0.2) is 25.8 Å². The summed E-state index contributed by atoms with van der Waals surface area (Å²) in [7, 11) is 0. The molecular formula is C15H10FN3O2.